The van der Waals surface area contributed by atoms with Gasteiger partial charge in [-0.2, -0.15) is 0 Å². The van der Waals surface area contributed by atoms with E-state index in [9.17, 15) is 9.59 Å². The number of hydrogen-bond donors (Lipinski definition) is 1. The summed E-state index contributed by atoms with van der Waals surface area (Å²) in [6.45, 7) is 0. The van der Waals surface area contributed by atoms with Crippen molar-refractivity contribution in [2.24, 2.45) is 5.73 Å². The lowest BCUT2D eigenvalue weighted by molar-refractivity contribution is -0.133. The van der Waals surface area contributed by atoms with Crippen LogP contribution in [-0.2, 0) is 11.2 Å². The third-order valence-electron chi connectivity index (χ3n) is 3.01. The number of carbonyl (C=O) groups is 2. The van der Waals surface area contributed by atoms with Gasteiger partial charge in [-0.3, -0.25) is 9.59 Å². The summed E-state index contributed by atoms with van der Waals surface area (Å²) >= 11 is 11.7. The van der Waals surface area contributed by atoms with Crippen LogP contribution in [0.5, 0.6) is 11.5 Å². The van der Waals surface area contributed by atoms with Crippen LogP contribution in [0, 0.1) is 0 Å². The average molecular weight is 354 g/mol. The zero-order valence-corrected chi connectivity index (χ0v) is 13.6. The highest BCUT2D eigenvalue weighted by Crippen LogP contribution is 2.26. The molecule has 0 aliphatic rings. The molecule has 0 aliphatic carbocycles. The largest absolute Gasteiger partial charge is 0.497 e. The van der Waals surface area contributed by atoms with Gasteiger partial charge in [-0.05, 0) is 29.8 Å². The molecule has 2 rings (SSSR count). The maximum Gasteiger partial charge on any atom is 0.315 e. The van der Waals surface area contributed by atoms with Gasteiger partial charge in [0.15, 0.2) is 0 Å². The highest BCUT2D eigenvalue weighted by molar-refractivity contribution is 6.42. The Hall–Kier alpha value is -2.24. The highest BCUT2D eigenvalue weighted by atomic mass is 35.5. The number of carbonyl (C=O) groups excluding carboxylic acids is 2. The minimum atomic E-state index is -0.704. The smallest absolute Gasteiger partial charge is 0.315 e. The fourth-order valence-corrected chi connectivity index (χ4v) is 2.21. The summed E-state index contributed by atoms with van der Waals surface area (Å²) in [5.41, 5.74) is 5.99. The summed E-state index contributed by atoms with van der Waals surface area (Å²) in [6.07, 6.45) is -0.0354. The molecule has 5 nitrogen and oxygen atoms in total. The maximum absolute atomic E-state index is 12.1. The van der Waals surface area contributed by atoms with E-state index < -0.39 is 11.9 Å². The molecule has 0 spiro atoms. The number of benzene rings is 2. The zero-order valence-electron chi connectivity index (χ0n) is 12.1. The monoisotopic (exact) mass is 353 g/mol. The molecule has 2 aromatic rings. The molecule has 2 N–H and O–H groups in total. The second kappa shape index (κ2) is 7.35. The molecule has 0 aliphatic heterocycles. The molecule has 0 radical (unpaired) electrons. The SMILES string of the molecule is COc1ccc(C(N)=O)c(OC(=O)Cc2ccc(Cl)c(Cl)c2)c1. The number of amides is 1. The van der Waals surface area contributed by atoms with Crippen molar-refractivity contribution in [1.29, 1.82) is 0 Å². The third-order valence-corrected chi connectivity index (χ3v) is 3.75. The van der Waals surface area contributed by atoms with Gasteiger partial charge in [-0.1, -0.05) is 29.3 Å². The minimum absolute atomic E-state index is 0.0354. The summed E-state index contributed by atoms with van der Waals surface area (Å²) < 4.78 is 10.3. The number of hydrogen-bond acceptors (Lipinski definition) is 4. The van der Waals surface area contributed by atoms with Gasteiger partial charge in [0.1, 0.15) is 11.5 Å². The average Bonchev–Trinajstić information content (AvgIpc) is 2.50. The Morgan fingerprint density at radius 3 is 2.43 bits per heavy atom. The third kappa shape index (κ3) is 4.37. The standard InChI is InChI=1S/C16H13Cl2NO4/c1-22-10-3-4-11(16(19)21)14(8-10)23-15(20)7-9-2-5-12(17)13(18)6-9/h2-6,8H,7H2,1H3,(H2,19,21). The number of methoxy groups -OCH3 is 1. The Bertz CT molecular complexity index is 762. The highest BCUT2D eigenvalue weighted by Gasteiger charge is 2.15. The van der Waals surface area contributed by atoms with E-state index in [0.717, 1.165) is 0 Å². The van der Waals surface area contributed by atoms with Crippen molar-refractivity contribution in [2.45, 2.75) is 6.42 Å². The fourth-order valence-electron chi connectivity index (χ4n) is 1.89. The molecule has 0 bridgehead atoms. The predicted molar refractivity (Wildman–Crippen MR) is 87.3 cm³/mol. The van der Waals surface area contributed by atoms with Gasteiger partial charge in [0.25, 0.3) is 5.91 Å². The summed E-state index contributed by atoms with van der Waals surface area (Å²) in [7, 11) is 1.46. The second-order valence-corrected chi connectivity index (χ2v) is 5.44. The van der Waals surface area contributed by atoms with E-state index in [1.54, 1.807) is 24.3 Å². The molecule has 0 atom stereocenters. The van der Waals surface area contributed by atoms with E-state index >= 15 is 0 Å². The van der Waals surface area contributed by atoms with Crippen LogP contribution >= 0.6 is 23.2 Å². The Morgan fingerprint density at radius 2 is 1.83 bits per heavy atom. The van der Waals surface area contributed by atoms with Crippen LogP contribution in [-0.4, -0.2) is 19.0 Å². The second-order valence-electron chi connectivity index (χ2n) is 4.63. The molecule has 1 amide bonds. The molecular weight excluding hydrogens is 341 g/mol. The number of esters is 1. The Kier molecular flexibility index (Phi) is 5.47. The Labute approximate surface area is 142 Å². The summed E-state index contributed by atoms with van der Waals surface area (Å²) in [5, 5.41) is 0.740. The van der Waals surface area contributed by atoms with Gasteiger partial charge in [-0.25, -0.2) is 0 Å². The normalized spacial score (nSPS) is 10.2. The van der Waals surface area contributed by atoms with Crippen molar-refractivity contribution in [3.63, 3.8) is 0 Å². The molecule has 0 heterocycles. The number of primary amides is 1. The van der Waals surface area contributed by atoms with Gasteiger partial charge in [0.05, 0.1) is 29.1 Å². The van der Waals surface area contributed by atoms with Crippen molar-refractivity contribution in [3.8, 4) is 11.5 Å². The topological polar surface area (TPSA) is 78.6 Å². The lowest BCUT2D eigenvalue weighted by Crippen LogP contribution is -2.17. The van der Waals surface area contributed by atoms with E-state index in [1.807, 2.05) is 0 Å². The van der Waals surface area contributed by atoms with E-state index in [2.05, 4.69) is 0 Å². The van der Waals surface area contributed by atoms with E-state index in [1.165, 1.54) is 19.2 Å². The Balaban J connectivity index is 2.19. The number of halogens is 2. The van der Waals surface area contributed by atoms with Crippen molar-refractivity contribution >= 4 is 35.1 Å². The molecule has 0 unspecified atom stereocenters. The number of nitrogens with two attached hydrogens (primary N) is 1. The van der Waals surface area contributed by atoms with Crippen molar-refractivity contribution in [1.82, 2.24) is 0 Å². The number of rotatable bonds is 5. The molecule has 0 saturated heterocycles. The van der Waals surface area contributed by atoms with Crippen molar-refractivity contribution in [2.75, 3.05) is 7.11 Å². The molecule has 23 heavy (non-hydrogen) atoms. The lowest BCUT2D eigenvalue weighted by atomic mass is 10.1. The quantitative estimate of drug-likeness (QED) is 0.660. The van der Waals surface area contributed by atoms with Crippen molar-refractivity contribution < 1.29 is 19.1 Å². The van der Waals surface area contributed by atoms with Crippen LogP contribution in [0.25, 0.3) is 0 Å². The molecule has 0 saturated carbocycles. The first kappa shape index (κ1) is 17.1. The first-order chi connectivity index (χ1) is 10.9. The first-order valence-electron chi connectivity index (χ1n) is 6.53. The van der Waals surface area contributed by atoms with E-state index in [4.69, 9.17) is 38.4 Å². The first-order valence-corrected chi connectivity index (χ1v) is 7.28. The molecule has 120 valence electrons. The van der Waals surface area contributed by atoms with Crippen molar-refractivity contribution in [3.05, 3.63) is 57.6 Å². The lowest BCUT2D eigenvalue weighted by Gasteiger charge is -2.10. The van der Waals surface area contributed by atoms with Crippen LogP contribution in [0.2, 0.25) is 10.0 Å². The molecule has 2 aromatic carbocycles. The maximum atomic E-state index is 12.1. The van der Waals surface area contributed by atoms with Gasteiger partial charge >= 0.3 is 5.97 Å². The predicted octanol–water partition coefficient (Wildman–Crippen LogP) is 3.25. The van der Waals surface area contributed by atoms with Gasteiger partial charge < -0.3 is 15.2 Å². The van der Waals surface area contributed by atoms with Gasteiger partial charge in [0, 0.05) is 6.07 Å². The van der Waals surface area contributed by atoms with Crippen LogP contribution in [0.4, 0.5) is 0 Å². The number of ether oxygens (including phenoxy) is 2. The van der Waals surface area contributed by atoms with Gasteiger partial charge in [0.2, 0.25) is 0 Å². The fraction of sp³-hybridized carbons (Fsp3) is 0.125. The van der Waals surface area contributed by atoms with E-state index in [-0.39, 0.29) is 17.7 Å². The molecule has 0 fully saturated rings. The Morgan fingerprint density at radius 1 is 1.09 bits per heavy atom. The summed E-state index contributed by atoms with van der Waals surface area (Å²) in [4.78, 5) is 23.5. The summed E-state index contributed by atoms with van der Waals surface area (Å²) in [5.74, 6) is -0.793. The molecule has 0 aromatic heterocycles. The molecular formula is C16H13Cl2NO4. The molecule has 7 heteroatoms. The van der Waals surface area contributed by atoms with E-state index in [0.29, 0.717) is 21.4 Å². The van der Waals surface area contributed by atoms with Crippen LogP contribution in [0.3, 0.4) is 0 Å². The summed E-state index contributed by atoms with van der Waals surface area (Å²) in [6, 6.07) is 9.24. The zero-order chi connectivity index (χ0) is 17.0. The minimum Gasteiger partial charge on any atom is -0.497 e. The van der Waals surface area contributed by atoms with Crippen LogP contribution in [0.1, 0.15) is 15.9 Å². The van der Waals surface area contributed by atoms with Gasteiger partial charge in [-0.15, -0.1) is 0 Å². The van der Waals surface area contributed by atoms with Crippen LogP contribution in [0.15, 0.2) is 36.4 Å². The van der Waals surface area contributed by atoms with Crippen LogP contribution < -0.4 is 15.2 Å².